The van der Waals surface area contributed by atoms with Crippen molar-refractivity contribution in [3.05, 3.63) is 0 Å². The van der Waals surface area contributed by atoms with Gasteiger partial charge in [-0.15, -0.1) is 23.2 Å². The number of nitrogens with one attached hydrogen (secondary N) is 1. The van der Waals surface area contributed by atoms with Gasteiger partial charge in [-0.1, -0.05) is 0 Å². The fourth-order valence-corrected chi connectivity index (χ4v) is 2.59. The second-order valence-electron chi connectivity index (χ2n) is 2.23. The molecule has 1 saturated heterocycles. The first-order chi connectivity index (χ1) is 9.61. The third kappa shape index (κ3) is 3.37. The Labute approximate surface area is 106 Å². The van der Waals surface area contributed by atoms with Crippen LogP contribution >= 0.6 is 30.9 Å². The van der Waals surface area contributed by atoms with Crippen molar-refractivity contribution in [3.8, 4) is 0 Å². The van der Waals surface area contributed by atoms with Crippen LogP contribution in [0.15, 0.2) is 0 Å². The number of nitrogens with zero attached hydrogens (tertiary/aromatic N) is 1. The molecule has 4 nitrogen and oxygen atoms in total. The molecule has 1 N–H and O–H groups in total. The van der Waals surface area contributed by atoms with Gasteiger partial charge in [0.15, 0.2) is 0 Å². The Morgan fingerprint density at radius 2 is 2.50 bits per heavy atom. The van der Waals surface area contributed by atoms with Crippen molar-refractivity contribution in [2.75, 3.05) is 37.9 Å². The van der Waals surface area contributed by atoms with Crippen LogP contribution in [0.4, 0.5) is 0 Å². The summed E-state index contributed by atoms with van der Waals surface area (Å²) in [6, 6.07) is 0. The Bertz CT molecular complexity index is 474. The average molecular weight is 269 g/mol. The van der Waals surface area contributed by atoms with E-state index in [1.165, 1.54) is 0 Å². The van der Waals surface area contributed by atoms with Crippen LogP contribution < -0.4 is 5.09 Å². The van der Waals surface area contributed by atoms with Crippen LogP contribution in [0.2, 0.25) is 0 Å². The van der Waals surface area contributed by atoms with E-state index in [0.717, 1.165) is 0 Å². The third-order valence-corrected chi connectivity index (χ3v) is 3.45. The van der Waals surface area contributed by atoms with Crippen molar-refractivity contribution >= 4 is 30.9 Å². The Balaban J connectivity index is 3.25. The van der Waals surface area contributed by atoms with Gasteiger partial charge < -0.3 is 4.52 Å². The predicted molar refractivity (Wildman–Crippen MR) is 59.2 cm³/mol. The van der Waals surface area contributed by atoms with Gasteiger partial charge in [0, 0.05) is 42.2 Å². The van der Waals surface area contributed by atoms with Crippen LogP contribution in [0, 0.1) is 0 Å². The van der Waals surface area contributed by atoms with Crippen molar-refractivity contribution in [1.29, 1.82) is 0 Å². The van der Waals surface area contributed by atoms with E-state index in [1.807, 2.05) is 5.09 Å². The first-order valence-electron chi connectivity index (χ1n) is 7.68. The van der Waals surface area contributed by atoms with Gasteiger partial charge in [0.25, 0.3) is 0 Å². The summed E-state index contributed by atoms with van der Waals surface area (Å²) in [5.74, 6) is -3.25. The maximum absolute atomic E-state index is 12.8. The molecule has 0 radical (unpaired) electrons. The highest BCUT2D eigenvalue weighted by molar-refractivity contribution is 7.54. The van der Waals surface area contributed by atoms with Gasteiger partial charge in [0.2, 0.25) is 0 Å². The van der Waals surface area contributed by atoms with Gasteiger partial charge in [-0.2, -0.15) is 0 Å². The molecule has 1 heterocycles. The highest BCUT2D eigenvalue weighted by Gasteiger charge is 2.32. The van der Waals surface area contributed by atoms with E-state index in [2.05, 4.69) is 0 Å². The van der Waals surface area contributed by atoms with Crippen molar-refractivity contribution in [1.82, 2.24) is 9.76 Å². The minimum atomic E-state index is -4.48. The summed E-state index contributed by atoms with van der Waals surface area (Å²) in [5, 5.41) is 1.82. The van der Waals surface area contributed by atoms with Gasteiger partial charge in [0.1, 0.15) is 0 Å². The number of alkyl halides is 2. The normalized spacial score (nSPS) is 45.9. The van der Waals surface area contributed by atoms with E-state index in [-0.39, 0.29) is 5.88 Å². The molecule has 7 heteroatoms. The zero-order valence-corrected chi connectivity index (χ0v) is 9.49. The molecule has 1 unspecified atom stereocenters. The van der Waals surface area contributed by atoms with Crippen LogP contribution in [-0.2, 0) is 9.09 Å². The second-order valence-corrected chi connectivity index (χ2v) is 4.80. The molecule has 1 fully saturated rings. The first kappa shape index (κ1) is 5.35. The van der Waals surface area contributed by atoms with E-state index in [0.29, 0.717) is 4.67 Å². The van der Waals surface area contributed by atoms with Crippen LogP contribution in [0.25, 0.3) is 0 Å². The molecule has 0 amide bonds. The lowest BCUT2D eigenvalue weighted by atomic mass is 10.5. The van der Waals surface area contributed by atoms with Gasteiger partial charge in [-0.3, -0.25) is 4.57 Å². The van der Waals surface area contributed by atoms with Gasteiger partial charge >= 0.3 is 7.67 Å². The van der Waals surface area contributed by atoms with Crippen LogP contribution in [0.3, 0.4) is 0 Å². The Hall–Kier alpha value is 0.690. The molecule has 1 aliphatic rings. The standard InChI is InChI=1S/C7H15Cl2N2O2P/c8-2-5-11(6-3-9)14(12)10-4-1-7-13-14/h1-7H2,(H,10,12)/i1D2,2D2,4D2,5D2. The minimum absolute atomic E-state index is 0.266. The van der Waals surface area contributed by atoms with Gasteiger partial charge in [-0.25, -0.2) is 9.76 Å². The summed E-state index contributed by atoms with van der Waals surface area (Å²) in [6.07, 6.45) is -2.51. The number of hydrogen-bond acceptors (Lipinski definition) is 2. The molecule has 1 rings (SSSR count). The van der Waals surface area contributed by atoms with E-state index in [1.54, 1.807) is 0 Å². The minimum Gasteiger partial charge on any atom is -0.306 e. The number of halogens is 2. The highest BCUT2D eigenvalue weighted by Crippen LogP contribution is 2.47. The molecule has 1 aliphatic heterocycles. The molecule has 0 aromatic heterocycles. The van der Waals surface area contributed by atoms with Gasteiger partial charge in [-0.05, 0) is 6.37 Å². The summed E-state index contributed by atoms with van der Waals surface area (Å²) in [6.45, 7) is -7.19. The first-order valence-corrected chi connectivity index (χ1v) is 6.17. The number of hydrogen-bond donors (Lipinski definition) is 1. The van der Waals surface area contributed by atoms with Crippen molar-refractivity contribution in [2.24, 2.45) is 0 Å². The van der Waals surface area contributed by atoms with Crippen LogP contribution in [0.1, 0.15) is 17.3 Å². The second kappa shape index (κ2) is 6.31. The lowest BCUT2D eigenvalue weighted by Gasteiger charge is -2.33. The van der Waals surface area contributed by atoms with Crippen molar-refractivity contribution in [3.63, 3.8) is 0 Å². The Morgan fingerprint density at radius 3 is 3.07 bits per heavy atom. The van der Waals surface area contributed by atoms with Crippen LogP contribution in [0.5, 0.6) is 0 Å². The lowest BCUT2D eigenvalue weighted by molar-refractivity contribution is 0.233. The largest absolute Gasteiger partial charge is 0.343 e. The Morgan fingerprint density at radius 1 is 1.71 bits per heavy atom. The maximum atomic E-state index is 12.8. The number of rotatable bonds is 5. The molecule has 0 bridgehead atoms. The molecule has 0 aromatic carbocycles. The fraction of sp³-hybridized carbons (Fsp3) is 1.00. The van der Waals surface area contributed by atoms with Crippen molar-refractivity contribution in [2.45, 2.75) is 6.37 Å². The Kier molecular flexibility index (Phi) is 2.41. The molecule has 14 heavy (non-hydrogen) atoms. The van der Waals surface area contributed by atoms with E-state index in [9.17, 15) is 4.57 Å². The topological polar surface area (TPSA) is 41.6 Å². The monoisotopic (exact) mass is 268 g/mol. The van der Waals surface area contributed by atoms with Gasteiger partial charge in [0.05, 0.1) is 6.61 Å². The van der Waals surface area contributed by atoms with E-state index < -0.39 is 46.0 Å². The smallest absolute Gasteiger partial charge is 0.306 e. The highest BCUT2D eigenvalue weighted by atomic mass is 35.5. The molecule has 0 aromatic rings. The third-order valence-electron chi connectivity index (χ3n) is 1.38. The molecule has 84 valence electrons. The van der Waals surface area contributed by atoms with E-state index >= 15 is 0 Å². The summed E-state index contributed by atoms with van der Waals surface area (Å²) >= 11 is 10.9. The molecule has 1 atom stereocenters. The maximum Gasteiger partial charge on any atom is 0.343 e. The summed E-state index contributed by atoms with van der Waals surface area (Å²) < 4.78 is 78.3. The van der Waals surface area contributed by atoms with Crippen LogP contribution in [-0.4, -0.2) is 42.5 Å². The lowest BCUT2D eigenvalue weighted by Crippen LogP contribution is -2.35. The van der Waals surface area contributed by atoms with E-state index in [4.69, 9.17) is 38.7 Å². The summed E-state index contributed by atoms with van der Waals surface area (Å²) in [5.41, 5.74) is 0. The SMILES string of the molecule is [2H]C([2H])(Cl)C([2H])([2H])N(CCCl)P1(=O)NC([2H])([2H])C([2H])([2H])CO1. The molecule has 0 saturated carbocycles. The summed E-state index contributed by atoms with van der Waals surface area (Å²) in [7, 11) is -4.48. The predicted octanol–water partition coefficient (Wildman–Crippen LogP) is 1.88. The zero-order valence-electron chi connectivity index (χ0n) is 15.1. The molecular formula is C7H15Cl2N2O2P. The zero-order chi connectivity index (χ0) is 17.6. The molecular weight excluding hydrogens is 246 g/mol. The average Bonchev–Trinajstić information content (AvgIpc) is 2.29. The van der Waals surface area contributed by atoms with Crippen molar-refractivity contribution < 1.29 is 20.1 Å². The summed E-state index contributed by atoms with van der Waals surface area (Å²) in [4.78, 5) is 0. The fourth-order valence-electron chi connectivity index (χ4n) is 0.811. The quantitative estimate of drug-likeness (QED) is 0.611. The molecule has 0 aliphatic carbocycles. The molecule has 0 spiro atoms.